The standard InChI is InChI=1S/C20H26FN3OS/c1-3-17-7-5-6-12-24(17)19(25)14-26-20-22-13-18(23(20)4-2)15-8-10-16(21)11-9-15/h8-11,13,17H,3-7,12,14H2,1-2H3. The molecule has 1 fully saturated rings. The molecule has 0 spiro atoms. The van der Waals surface area contributed by atoms with E-state index < -0.39 is 0 Å². The molecule has 4 nitrogen and oxygen atoms in total. The van der Waals surface area contributed by atoms with E-state index in [1.807, 2.05) is 0 Å². The normalized spacial score (nSPS) is 17.5. The Bertz CT molecular complexity index is 744. The van der Waals surface area contributed by atoms with Crippen LogP contribution in [0.5, 0.6) is 0 Å². The highest BCUT2D eigenvalue weighted by molar-refractivity contribution is 7.99. The summed E-state index contributed by atoms with van der Waals surface area (Å²) in [5.41, 5.74) is 1.88. The maximum atomic E-state index is 13.2. The molecule has 1 aromatic heterocycles. The minimum absolute atomic E-state index is 0.204. The first-order valence-corrected chi connectivity index (χ1v) is 10.4. The molecule has 1 saturated heterocycles. The van der Waals surface area contributed by atoms with Crippen LogP contribution >= 0.6 is 11.8 Å². The van der Waals surface area contributed by atoms with Crippen molar-refractivity contribution in [1.82, 2.24) is 14.5 Å². The number of imidazole rings is 1. The summed E-state index contributed by atoms with van der Waals surface area (Å²) in [4.78, 5) is 19.2. The van der Waals surface area contributed by atoms with Crippen LogP contribution in [0.25, 0.3) is 11.3 Å². The summed E-state index contributed by atoms with van der Waals surface area (Å²) < 4.78 is 15.3. The molecule has 0 aliphatic carbocycles. The van der Waals surface area contributed by atoms with Crippen LogP contribution in [0.1, 0.15) is 39.5 Å². The maximum absolute atomic E-state index is 13.2. The zero-order valence-corrected chi connectivity index (χ0v) is 16.3. The molecular weight excluding hydrogens is 349 g/mol. The Balaban J connectivity index is 1.70. The van der Waals surface area contributed by atoms with Gasteiger partial charge in [-0.15, -0.1) is 0 Å². The summed E-state index contributed by atoms with van der Waals surface area (Å²) in [5.74, 6) is 0.371. The van der Waals surface area contributed by atoms with Crippen LogP contribution in [-0.2, 0) is 11.3 Å². The zero-order valence-electron chi connectivity index (χ0n) is 15.4. The monoisotopic (exact) mass is 375 g/mol. The molecule has 0 bridgehead atoms. The van der Waals surface area contributed by atoms with Gasteiger partial charge in [0.1, 0.15) is 5.82 Å². The number of aromatic nitrogens is 2. The lowest BCUT2D eigenvalue weighted by atomic mass is 10.0. The van der Waals surface area contributed by atoms with E-state index in [0.717, 1.165) is 48.8 Å². The summed E-state index contributed by atoms with van der Waals surface area (Å²) in [5, 5.41) is 0.838. The zero-order chi connectivity index (χ0) is 18.5. The fraction of sp³-hybridized carbons (Fsp3) is 0.500. The minimum atomic E-state index is -0.247. The van der Waals surface area contributed by atoms with E-state index in [2.05, 4.69) is 28.3 Å². The highest BCUT2D eigenvalue weighted by Gasteiger charge is 2.25. The van der Waals surface area contributed by atoms with Crippen molar-refractivity contribution in [3.8, 4) is 11.3 Å². The van der Waals surface area contributed by atoms with E-state index in [1.165, 1.54) is 30.3 Å². The van der Waals surface area contributed by atoms with E-state index in [-0.39, 0.29) is 11.7 Å². The molecule has 1 aromatic carbocycles. The van der Waals surface area contributed by atoms with Gasteiger partial charge < -0.3 is 9.47 Å². The maximum Gasteiger partial charge on any atom is 0.233 e. The number of carbonyl (C=O) groups excluding carboxylic acids is 1. The molecule has 1 amide bonds. The van der Waals surface area contributed by atoms with Crippen molar-refractivity contribution < 1.29 is 9.18 Å². The first kappa shape index (κ1) is 19.0. The molecule has 2 heterocycles. The second-order valence-corrected chi connectivity index (χ2v) is 7.55. The number of likely N-dealkylation sites (tertiary alicyclic amines) is 1. The molecular formula is C20H26FN3OS. The molecule has 1 unspecified atom stereocenters. The molecule has 140 valence electrons. The second-order valence-electron chi connectivity index (χ2n) is 6.61. The first-order chi connectivity index (χ1) is 12.6. The van der Waals surface area contributed by atoms with E-state index in [4.69, 9.17) is 0 Å². The van der Waals surface area contributed by atoms with Gasteiger partial charge in [0.15, 0.2) is 5.16 Å². The third-order valence-electron chi connectivity index (χ3n) is 5.02. The number of rotatable bonds is 6. The number of hydrogen-bond donors (Lipinski definition) is 0. The number of amides is 1. The van der Waals surface area contributed by atoms with Gasteiger partial charge in [0.2, 0.25) is 5.91 Å². The largest absolute Gasteiger partial charge is 0.339 e. The van der Waals surface area contributed by atoms with Crippen LogP contribution in [0.15, 0.2) is 35.6 Å². The molecule has 2 aromatic rings. The number of halogens is 1. The van der Waals surface area contributed by atoms with Crippen molar-refractivity contribution in [2.75, 3.05) is 12.3 Å². The number of hydrogen-bond acceptors (Lipinski definition) is 3. The van der Waals surface area contributed by atoms with Crippen molar-refractivity contribution >= 4 is 17.7 Å². The summed E-state index contributed by atoms with van der Waals surface area (Å²) in [6.07, 6.45) is 6.26. The van der Waals surface area contributed by atoms with Gasteiger partial charge in [-0.1, -0.05) is 18.7 Å². The fourth-order valence-electron chi connectivity index (χ4n) is 3.59. The number of benzene rings is 1. The van der Waals surface area contributed by atoms with Gasteiger partial charge in [-0.2, -0.15) is 0 Å². The number of nitrogens with zero attached hydrogens (tertiary/aromatic N) is 3. The van der Waals surface area contributed by atoms with Crippen molar-refractivity contribution in [3.63, 3.8) is 0 Å². The minimum Gasteiger partial charge on any atom is -0.339 e. The number of carbonyl (C=O) groups is 1. The Labute approximate surface area is 158 Å². The molecule has 3 rings (SSSR count). The van der Waals surface area contributed by atoms with Gasteiger partial charge >= 0.3 is 0 Å². The lowest BCUT2D eigenvalue weighted by molar-refractivity contribution is -0.132. The van der Waals surface area contributed by atoms with Crippen molar-refractivity contribution in [3.05, 3.63) is 36.3 Å². The van der Waals surface area contributed by atoms with E-state index >= 15 is 0 Å². The smallest absolute Gasteiger partial charge is 0.233 e. The highest BCUT2D eigenvalue weighted by Crippen LogP contribution is 2.27. The predicted molar refractivity (Wildman–Crippen MR) is 104 cm³/mol. The topological polar surface area (TPSA) is 38.1 Å². The Morgan fingerprint density at radius 3 is 2.73 bits per heavy atom. The molecule has 1 aliphatic rings. The van der Waals surface area contributed by atoms with Crippen molar-refractivity contribution in [1.29, 1.82) is 0 Å². The Kier molecular flexibility index (Phi) is 6.35. The molecule has 0 saturated carbocycles. The van der Waals surface area contributed by atoms with Crippen LogP contribution in [-0.4, -0.2) is 38.7 Å². The molecule has 0 radical (unpaired) electrons. The average Bonchev–Trinajstić information content (AvgIpc) is 3.09. The van der Waals surface area contributed by atoms with Gasteiger partial charge in [-0.25, -0.2) is 9.37 Å². The molecule has 0 N–H and O–H groups in total. The van der Waals surface area contributed by atoms with E-state index in [0.29, 0.717) is 11.8 Å². The molecule has 26 heavy (non-hydrogen) atoms. The van der Waals surface area contributed by atoms with E-state index in [9.17, 15) is 9.18 Å². The third-order valence-corrected chi connectivity index (χ3v) is 5.99. The summed E-state index contributed by atoms with van der Waals surface area (Å²) in [7, 11) is 0. The third kappa shape index (κ3) is 4.11. The van der Waals surface area contributed by atoms with Gasteiger partial charge in [-0.05, 0) is 62.4 Å². The SMILES string of the molecule is CCC1CCCCN1C(=O)CSc1ncc(-c2ccc(F)cc2)n1CC. The molecule has 1 aliphatic heterocycles. The van der Waals surface area contributed by atoms with Crippen LogP contribution in [0.2, 0.25) is 0 Å². The Hall–Kier alpha value is -1.82. The fourth-order valence-corrected chi connectivity index (χ4v) is 4.52. The van der Waals surface area contributed by atoms with E-state index in [1.54, 1.807) is 18.3 Å². The van der Waals surface area contributed by atoms with Crippen molar-refractivity contribution in [2.24, 2.45) is 0 Å². The number of piperidine rings is 1. The predicted octanol–water partition coefficient (Wildman–Crippen LogP) is 4.59. The lowest BCUT2D eigenvalue weighted by Crippen LogP contribution is -2.44. The second kappa shape index (κ2) is 8.71. The van der Waals surface area contributed by atoms with Crippen molar-refractivity contribution in [2.45, 2.75) is 57.3 Å². The van der Waals surface area contributed by atoms with Crippen LogP contribution in [0.3, 0.4) is 0 Å². The molecule has 6 heteroatoms. The van der Waals surface area contributed by atoms with Gasteiger partial charge in [0.25, 0.3) is 0 Å². The first-order valence-electron chi connectivity index (χ1n) is 9.37. The van der Waals surface area contributed by atoms with Crippen LogP contribution < -0.4 is 0 Å². The summed E-state index contributed by atoms with van der Waals surface area (Å²) in [6.45, 7) is 5.84. The Morgan fingerprint density at radius 2 is 2.04 bits per heavy atom. The average molecular weight is 376 g/mol. The quantitative estimate of drug-likeness (QED) is 0.693. The van der Waals surface area contributed by atoms with Crippen LogP contribution in [0.4, 0.5) is 4.39 Å². The summed E-state index contributed by atoms with van der Waals surface area (Å²) >= 11 is 1.49. The van der Waals surface area contributed by atoms with Gasteiger partial charge in [-0.3, -0.25) is 4.79 Å². The number of thioether (sulfide) groups is 1. The summed E-state index contributed by atoms with van der Waals surface area (Å²) in [6, 6.07) is 6.83. The van der Waals surface area contributed by atoms with Crippen LogP contribution in [0, 0.1) is 5.82 Å². The van der Waals surface area contributed by atoms with Gasteiger partial charge in [0, 0.05) is 19.1 Å². The molecule has 1 atom stereocenters. The highest BCUT2D eigenvalue weighted by atomic mass is 32.2. The van der Waals surface area contributed by atoms with Gasteiger partial charge in [0.05, 0.1) is 17.6 Å². The Morgan fingerprint density at radius 1 is 1.27 bits per heavy atom. The lowest BCUT2D eigenvalue weighted by Gasteiger charge is -2.35.